The third-order valence-corrected chi connectivity index (χ3v) is 3.60. The lowest BCUT2D eigenvalue weighted by molar-refractivity contribution is -0.115. The Morgan fingerprint density at radius 3 is 2.61 bits per heavy atom. The maximum atomic E-state index is 11.6. The van der Waals surface area contributed by atoms with Gasteiger partial charge in [-0.15, -0.1) is 0 Å². The monoisotopic (exact) mass is 324 g/mol. The summed E-state index contributed by atoms with van der Waals surface area (Å²) in [7, 11) is 0. The molecule has 0 atom stereocenters. The van der Waals surface area contributed by atoms with E-state index in [4.69, 9.17) is 17.0 Å². The van der Waals surface area contributed by atoms with Crippen molar-refractivity contribution in [2.45, 2.75) is 6.42 Å². The molecule has 0 unspecified atom stereocenters. The van der Waals surface area contributed by atoms with Crippen molar-refractivity contribution in [3.05, 3.63) is 71.4 Å². The number of carbonyl (C=O) groups is 1. The van der Waals surface area contributed by atoms with Crippen LogP contribution >= 0.6 is 12.2 Å². The number of nitrogens with one attached hydrogen (secondary N) is 2. The summed E-state index contributed by atoms with van der Waals surface area (Å²) in [5.41, 5.74) is 2.56. The van der Waals surface area contributed by atoms with E-state index in [2.05, 4.69) is 22.8 Å². The Bertz CT molecular complexity index is 757. The highest BCUT2D eigenvalue weighted by molar-refractivity contribution is 7.80. The number of hydrogen-bond acceptors (Lipinski definition) is 3. The molecule has 4 nitrogen and oxygen atoms in total. The average Bonchev–Trinajstić information content (AvgIpc) is 2.86. The Hall–Kier alpha value is -2.66. The molecule has 5 heteroatoms. The molecular formula is C18H16N2O2S. The quantitative estimate of drug-likeness (QED) is 0.656. The summed E-state index contributed by atoms with van der Waals surface area (Å²) in [5.74, 6) is 0.557. The van der Waals surface area contributed by atoms with Gasteiger partial charge in [-0.2, -0.15) is 0 Å². The van der Waals surface area contributed by atoms with Crippen LogP contribution in [-0.4, -0.2) is 17.6 Å². The second kappa shape index (κ2) is 7.07. The van der Waals surface area contributed by atoms with Crippen molar-refractivity contribution in [3.63, 3.8) is 0 Å². The highest BCUT2D eigenvalue weighted by atomic mass is 32.1. The third kappa shape index (κ3) is 4.17. The lowest BCUT2D eigenvalue weighted by atomic mass is 10.1. The number of thiocarbonyl (C=S) groups is 1. The Labute approximate surface area is 140 Å². The van der Waals surface area contributed by atoms with Crippen LogP contribution in [0.3, 0.4) is 0 Å². The maximum absolute atomic E-state index is 11.6. The molecule has 1 saturated heterocycles. The molecule has 0 radical (unpaired) electrons. The van der Waals surface area contributed by atoms with Gasteiger partial charge in [0.05, 0.1) is 6.61 Å². The minimum atomic E-state index is -0.217. The first kappa shape index (κ1) is 15.2. The molecule has 0 saturated carbocycles. The van der Waals surface area contributed by atoms with Gasteiger partial charge in [-0.1, -0.05) is 42.5 Å². The van der Waals surface area contributed by atoms with Crippen LogP contribution in [0, 0.1) is 0 Å². The minimum absolute atomic E-state index is 0.217. The van der Waals surface area contributed by atoms with E-state index in [1.807, 2.05) is 42.5 Å². The highest BCUT2D eigenvalue weighted by Crippen LogP contribution is 2.16. The van der Waals surface area contributed by atoms with Crippen molar-refractivity contribution in [1.82, 2.24) is 10.6 Å². The standard InChI is InChI=1S/C18H16N2O2S/c21-17-16(19-18(23)20-17)12-14-7-4-8-15(11-14)22-10-9-13-5-2-1-3-6-13/h1-8,11-12H,9-10H2,(H2,19,20,21,23)/b16-12-. The van der Waals surface area contributed by atoms with Crippen LogP contribution < -0.4 is 15.4 Å². The summed E-state index contributed by atoms with van der Waals surface area (Å²) in [6.07, 6.45) is 2.60. The molecule has 0 aromatic heterocycles. The molecule has 0 aliphatic carbocycles. The predicted octanol–water partition coefficient (Wildman–Crippen LogP) is 2.65. The number of rotatable bonds is 5. The zero-order valence-electron chi connectivity index (χ0n) is 12.4. The highest BCUT2D eigenvalue weighted by Gasteiger charge is 2.19. The van der Waals surface area contributed by atoms with Crippen LogP contribution in [0.2, 0.25) is 0 Å². The molecule has 2 aromatic rings. The smallest absolute Gasteiger partial charge is 0.273 e. The van der Waals surface area contributed by atoms with Crippen molar-refractivity contribution >= 4 is 29.3 Å². The number of amides is 1. The van der Waals surface area contributed by atoms with E-state index in [0.29, 0.717) is 17.4 Å². The molecule has 1 amide bonds. The van der Waals surface area contributed by atoms with Gasteiger partial charge >= 0.3 is 0 Å². The average molecular weight is 324 g/mol. The fraction of sp³-hybridized carbons (Fsp3) is 0.111. The zero-order chi connectivity index (χ0) is 16.1. The van der Waals surface area contributed by atoms with Crippen molar-refractivity contribution in [1.29, 1.82) is 0 Å². The molecular weight excluding hydrogens is 308 g/mol. The van der Waals surface area contributed by atoms with Crippen LogP contribution in [0.4, 0.5) is 0 Å². The van der Waals surface area contributed by atoms with E-state index in [1.54, 1.807) is 6.08 Å². The minimum Gasteiger partial charge on any atom is -0.493 e. The van der Waals surface area contributed by atoms with Crippen molar-refractivity contribution < 1.29 is 9.53 Å². The number of hydrogen-bond donors (Lipinski definition) is 2. The molecule has 1 fully saturated rings. The largest absolute Gasteiger partial charge is 0.493 e. The normalized spacial score (nSPS) is 15.4. The molecule has 1 aliphatic heterocycles. The van der Waals surface area contributed by atoms with Gasteiger partial charge in [0.2, 0.25) is 0 Å². The van der Waals surface area contributed by atoms with Crippen molar-refractivity contribution in [2.24, 2.45) is 0 Å². The molecule has 0 spiro atoms. The Morgan fingerprint density at radius 1 is 1.04 bits per heavy atom. The van der Waals surface area contributed by atoms with Gasteiger partial charge in [-0.05, 0) is 41.6 Å². The fourth-order valence-electron chi connectivity index (χ4n) is 2.27. The SMILES string of the molecule is O=C1NC(=S)N/C1=C\c1cccc(OCCc2ccccc2)c1. The van der Waals surface area contributed by atoms with Gasteiger partial charge in [0.25, 0.3) is 5.91 Å². The molecule has 2 aromatic carbocycles. The van der Waals surface area contributed by atoms with Gasteiger partial charge in [-0.25, -0.2) is 0 Å². The van der Waals surface area contributed by atoms with E-state index in [0.717, 1.165) is 17.7 Å². The van der Waals surface area contributed by atoms with Crippen molar-refractivity contribution in [3.8, 4) is 5.75 Å². The fourth-order valence-corrected chi connectivity index (χ4v) is 2.48. The molecule has 1 aliphatic rings. The molecule has 1 heterocycles. The summed E-state index contributed by atoms with van der Waals surface area (Å²) in [5, 5.41) is 5.69. The van der Waals surface area contributed by atoms with Gasteiger partial charge < -0.3 is 10.1 Å². The summed E-state index contributed by atoms with van der Waals surface area (Å²) < 4.78 is 5.79. The summed E-state index contributed by atoms with van der Waals surface area (Å²) in [4.78, 5) is 11.6. The topological polar surface area (TPSA) is 50.4 Å². The number of benzene rings is 2. The van der Waals surface area contributed by atoms with Crippen LogP contribution in [0.5, 0.6) is 5.75 Å². The van der Waals surface area contributed by atoms with E-state index < -0.39 is 0 Å². The van der Waals surface area contributed by atoms with E-state index in [9.17, 15) is 4.79 Å². The lowest BCUT2D eigenvalue weighted by Gasteiger charge is -2.07. The molecule has 3 rings (SSSR count). The summed E-state index contributed by atoms with van der Waals surface area (Å²) >= 11 is 4.91. The second-order valence-electron chi connectivity index (χ2n) is 5.12. The van der Waals surface area contributed by atoms with Gasteiger partial charge in [0, 0.05) is 6.42 Å². The van der Waals surface area contributed by atoms with Crippen LogP contribution in [0.15, 0.2) is 60.3 Å². The van der Waals surface area contributed by atoms with Gasteiger partial charge in [0.1, 0.15) is 11.4 Å². The maximum Gasteiger partial charge on any atom is 0.273 e. The number of ether oxygens (including phenoxy) is 1. The summed E-state index contributed by atoms with van der Waals surface area (Å²) in [6, 6.07) is 17.8. The molecule has 116 valence electrons. The molecule has 0 bridgehead atoms. The Kier molecular flexibility index (Phi) is 4.68. The van der Waals surface area contributed by atoms with Crippen LogP contribution in [0.1, 0.15) is 11.1 Å². The van der Waals surface area contributed by atoms with Crippen LogP contribution in [-0.2, 0) is 11.2 Å². The number of carbonyl (C=O) groups excluding carboxylic acids is 1. The Balaban J connectivity index is 1.62. The van der Waals surface area contributed by atoms with Crippen molar-refractivity contribution in [2.75, 3.05) is 6.61 Å². The van der Waals surface area contributed by atoms with E-state index in [-0.39, 0.29) is 5.91 Å². The predicted molar refractivity (Wildman–Crippen MR) is 93.9 cm³/mol. The van der Waals surface area contributed by atoms with Gasteiger partial charge in [0.15, 0.2) is 5.11 Å². The lowest BCUT2D eigenvalue weighted by Crippen LogP contribution is -2.21. The Morgan fingerprint density at radius 2 is 1.87 bits per heavy atom. The summed E-state index contributed by atoms with van der Waals surface area (Å²) in [6.45, 7) is 0.604. The van der Waals surface area contributed by atoms with Crippen LogP contribution in [0.25, 0.3) is 6.08 Å². The first-order valence-corrected chi connectivity index (χ1v) is 7.72. The van der Waals surface area contributed by atoms with E-state index in [1.165, 1.54) is 5.56 Å². The molecule has 2 N–H and O–H groups in total. The molecule has 23 heavy (non-hydrogen) atoms. The second-order valence-corrected chi connectivity index (χ2v) is 5.53. The van der Waals surface area contributed by atoms with E-state index >= 15 is 0 Å². The third-order valence-electron chi connectivity index (χ3n) is 3.39. The van der Waals surface area contributed by atoms with Gasteiger partial charge in [-0.3, -0.25) is 10.1 Å². The zero-order valence-corrected chi connectivity index (χ0v) is 13.2. The first-order chi connectivity index (χ1) is 11.2. The first-order valence-electron chi connectivity index (χ1n) is 7.31.